The van der Waals surface area contributed by atoms with Gasteiger partial charge in [0.2, 0.25) is 0 Å². The number of esters is 1. The Hall–Kier alpha value is -2.26. The highest BCUT2D eigenvalue weighted by molar-refractivity contribution is 8.18. The zero-order valence-electron chi connectivity index (χ0n) is 11.5. The third-order valence-corrected chi connectivity index (χ3v) is 3.64. The van der Waals surface area contributed by atoms with Crippen LogP contribution in [0.1, 0.15) is 5.56 Å². The molecule has 1 aromatic rings. The van der Waals surface area contributed by atoms with E-state index in [9.17, 15) is 18.4 Å². The number of rotatable bonds is 3. The Labute approximate surface area is 138 Å². The Morgan fingerprint density at radius 3 is 2.83 bits per heavy atom. The van der Waals surface area contributed by atoms with E-state index < -0.39 is 23.5 Å². The van der Waals surface area contributed by atoms with Crippen LogP contribution in [0.3, 0.4) is 0 Å². The molecule has 6 nitrogen and oxygen atoms in total. The molecule has 1 aliphatic heterocycles. The van der Waals surface area contributed by atoms with E-state index >= 15 is 0 Å². The lowest BCUT2D eigenvalue weighted by Crippen LogP contribution is -2.19. The van der Waals surface area contributed by atoms with Crippen LogP contribution in [0.2, 0.25) is 5.02 Å². The van der Waals surface area contributed by atoms with Gasteiger partial charge in [-0.05, 0) is 29.5 Å². The highest BCUT2D eigenvalue weighted by Crippen LogP contribution is 2.23. The van der Waals surface area contributed by atoms with Crippen LogP contribution < -0.4 is 5.32 Å². The number of halogens is 3. The maximum Gasteiger partial charge on any atom is 0.331 e. The van der Waals surface area contributed by atoms with Crippen molar-refractivity contribution < 1.29 is 23.1 Å². The summed E-state index contributed by atoms with van der Waals surface area (Å²) in [4.78, 5) is 22.7. The Morgan fingerprint density at radius 1 is 1.43 bits per heavy atom. The summed E-state index contributed by atoms with van der Waals surface area (Å²) in [6.07, 6.45) is 2.15. The van der Waals surface area contributed by atoms with Crippen molar-refractivity contribution in [2.24, 2.45) is 10.2 Å². The minimum absolute atomic E-state index is 0.0988. The first kappa shape index (κ1) is 17.1. The van der Waals surface area contributed by atoms with E-state index in [4.69, 9.17) is 11.6 Å². The summed E-state index contributed by atoms with van der Waals surface area (Å²) in [5, 5.41) is 9.45. The Kier molecular flexibility index (Phi) is 5.45. The Bertz CT molecular complexity index is 742. The molecule has 1 N–H and O–H groups in total. The number of ether oxygens (including phenoxy) is 1. The number of amides is 1. The van der Waals surface area contributed by atoms with Gasteiger partial charge in [-0.25, -0.2) is 13.6 Å². The van der Waals surface area contributed by atoms with Crippen molar-refractivity contribution in [1.82, 2.24) is 5.32 Å². The predicted molar refractivity (Wildman–Crippen MR) is 82.2 cm³/mol. The molecular formula is C13H8ClF2N3O3S. The minimum Gasteiger partial charge on any atom is -0.466 e. The summed E-state index contributed by atoms with van der Waals surface area (Å²) in [7, 11) is 1.18. The molecule has 2 rings (SSSR count). The smallest absolute Gasteiger partial charge is 0.331 e. The second kappa shape index (κ2) is 7.34. The predicted octanol–water partition coefficient (Wildman–Crippen LogP) is 2.23. The van der Waals surface area contributed by atoms with Gasteiger partial charge < -0.3 is 4.74 Å². The van der Waals surface area contributed by atoms with Crippen LogP contribution in [0.5, 0.6) is 0 Å². The Balaban J connectivity index is 2.11. The molecule has 23 heavy (non-hydrogen) atoms. The first-order valence-corrected chi connectivity index (χ1v) is 7.14. The first-order valence-electron chi connectivity index (χ1n) is 5.95. The average Bonchev–Trinajstić information content (AvgIpc) is 2.84. The van der Waals surface area contributed by atoms with Crippen LogP contribution in [-0.2, 0) is 14.3 Å². The molecular weight excluding hydrogens is 352 g/mol. The number of nitrogens with one attached hydrogen (secondary N) is 1. The van der Waals surface area contributed by atoms with Crippen molar-refractivity contribution >= 4 is 46.6 Å². The number of hydrogen-bond donors (Lipinski definition) is 1. The quantitative estimate of drug-likeness (QED) is 0.295. The van der Waals surface area contributed by atoms with Crippen molar-refractivity contribution in [3.8, 4) is 0 Å². The van der Waals surface area contributed by atoms with Gasteiger partial charge in [0, 0.05) is 6.08 Å². The maximum absolute atomic E-state index is 13.2. The molecule has 1 aromatic carbocycles. The number of carbonyl (C=O) groups is 2. The SMILES string of the molecule is COC(=O)/C=C1/S/C(=N\N=Cc2cc(F)c(F)c(Cl)c2)NC1=O. The fourth-order valence-electron chi connectivity index (χ4n) is 1.44. The van der Waals surface area contributed by atoms with E-state index in [2.05, 4.69) is 20.3 Å². The molecule has 0 bridgehead atoms. The average molecular weight is 360 g/mol. The normalized spacial score (nSPS) is 18.0. The van der Waals surface area contributed by atoms with E-state index in [1.54, 1.807) is 0 Å². The number of hydrogen-bond acceptors (Lipinski definition) is 6. The van der Waals surface area contributed by atoms with Gasteiger partial charge in [-0.2, -0.15) is 5.10 Å². The van der Waals surface area contributed by atoms with Crippen molar-refractivity contribution in [2.45, 2.75) is 0 Å². The highest BCUT2D eigenvalue weighted by Gasteiger charge is 2.24. The van der Waals surface area contributed by atoms with Gasteiger partial charge in [-0.3, -0.25) is 10.1 Å². The van der Waals surface area contributed by atoms with Gasteiger partial charge in [0.15, 0.2) is 16.8 Å². The molecule has 1 amide bonds. The lowest BCUT2D eigenvalue weighted by atomic mass is 10.2. The molecule has 10 heteroatoms. The summed E-state index contributed by atoms with van der Waals surface area (Å²) in [6, 6.07) is 2.07. The van der Waals surface area contributed by atoms with Crippen molar-refractivity contribution in [3.63, 3.8) is 0 Å². The standard InChI is InChI=1S/C13H8ClF2N3O3S/c1-22-10(20)4-9-12(21)18-13(23-9)19-17-5-6-2-7(14)11(16)8(15)3-6/h2-5H,1H3,(H,18,19,21)/b9-4+,17-5?. The molecule has 0 unspecified atom stereocenters. The molecule has 120 valence electrons. The first-order chi connectivity index (χ1) is 10.9. The van der Waals surface area contributed by atoms with Crippen LogP contribution >= 0.6 is 23.4 Å². The van der Waals surface area contributed by atoms with Gasteiger partial charge in [0.1, 0.15) is 0 Å². The summed E-state index contributed by atoms with van der Waals surface area (Å²) < 4.78 is 30.6. The fraction of sp³-hybridized carbons (Fsp3) is 0.0769. The summed E-state index contributed by atoms with van der Waals surface area (Å²) >= 11 is 6.38. The van der Waals surface area contributed by atoms with E-state index in [1.165, 1.54) is 13.2 Å². The molecule has 0 spiro atoms. The van der Waals surface area contributed by atoms with Crippen LogP contribution in [0.25, 0.3) is 0 Å². The van der Waals surface area contributed by atoms with Crippen molar-refractivity contribution in [2.75, 3.05) is 7.11 Å². The van der Waals surface area contributed by atoms with Crippen LogP contribution in [-0.4, -0.2) is 30.4 Å². The third-order valence-electron chi connectivity index (χ3n) is 2.46. The molecule has 0 saturated carbocycles. The molecule has 1 fully saturated rings. The molecule has 0 atom stereocenters. The summed E-state index contributed by atoms with van der Waals surface area (Å²) in [5.74, 6) is -3.46. The number of benzene rings is 1. The van der Waals surface area contributed by atoms with Crippen molar-refractivity contribution in [3.05, 3.63) is 45.3 Å². The maximum atomic E-state index is 13.2. The molecule has 0 radical (unpaired) electrons. The Morgan fingerprint density at radius 2 is 2.17 bits per heavy atom. The van der Waals surface area contributed by atoms with Crippen LogP contribution in [0.4, 0.5) is 8.78 Å². The fourth-order valence-corrected chi connectivity index (χ4v) is 2.39. The monoisotopic (exact) mass is 359 g/mol. The third kappa shape index (κ3) is 4.36. The van der Waals surface area contributed by atoms with Crippen molar-refractivity contribution in [1.29, 1.82) is 0 Å². The molecule has 0 aliphatic carbocycles. The van der Waals surface area contributed by atoms with E-state index in [0.29, 0.717) is 0 Å². The highest BCUT2D eigenvalue weighted by atomic mass is 35.5. The van der Waals surface area contributed by atoms with E-state index in [0.717, 1.165) is 30.1 Å². The van der Waals surface area contributed by atoms with Crippen LogP contribution in [0, 0.1) is 11.6 Å². The van der Waals surface area contributed by atoms with Crippen LogP contribution in [0.15, 0.2) is 33.3 Å². The molecule has 1 saturated heterocycles. The molecule has 0 aromatic heterocycles. The topological polar surface area (TPSA) is 80.1 Å². The number of carbonyl (C=O) groups excluding carboxylic acids is 2. The summed E-state index contributed by atoms with van der Waals surface area (Å²) in [6.45, 7) is 0. The van der Waals surface area contributed by atoms with E-state index in [1.807, 2.05) is 0 Å². The van der Waals surface area contributed by atoms with Gasteiger partial charge in [-0.15, -0.1) is 5.10 Å². The zero-order valence-corrected chi connectivity index (χ0v) is 13.0. The second-order valence-electron chi connectivity index (χ2n) is 4.04. The minimum atomic E-state index is -1.15. The van der Waals surface area contributed by atoms with Gasteiger partial charge in [0.05, 0.1) is 23.3 Å². The van der Waals surface area contributed by atoms with Gasteiger partial charge >= 0.3 is 5.97 Å². The largest absolute Gasteiger partial charge is 0.466 e. The lowest BCUT2D eigenvalue weighted by Gasteiger charge is -1.97. The second-order valence-corrected chi connectivity index (χ2v) is 5.47. The zero-order chi connectivity index (χ0) is 17.0. The summed E-state index contributed by atoms with van der Waals surface area (Å²) in [5.41, 5.74) is 0.192. The van der Waals surface area contributed by atoms with Gasteiger partial charge in [-0.1, -0.05) is 11.6 Å². The number of nitrogens with zero attached hydrogens (tertiary/aromatic N) is 2. The van der Waals surface area contributed by atoms with Gasteiger partial charge in [0.25, 0.3) is 5.91 Å². The lowest BCUT2D eigenvalue weighted by molar-refractivity contribution is -0.135. The number of amidine groups is 1. The molecule has 1 heterocycles. The van der Waals surface area contributed by atoms with E-state index in [-0.39, 0.29) is 20.7 Å². The number of methoxy groups -OCH3 is 1. The molecule has 1 aliphatic rings. The number of thioether (sulfide) groups is 1.